The summed E-state index contributed by atoms with van der Waals surface area (Å²) in [6.07, 6.45) is -3.25. The highest BCUT2D eigenvalue weighted by atomic mass is 31.3. The maximum absolute atomic E-state index is 12.1. The average Bonchev–Trinajstić information content (AvgIpc) is 2.91. The highest BCUT2D eigenvalue weighted by Gasteiger charge is 2.46. The van der Waals surface area contributed by atoms with E-state index >= 15 is 0 Å². The molecule has 4 unspecified atom stereocenters. The van der Waals surface area contributed by atoms with E-state index < -0.39 is 65.9 Å². The number of nitrogens with one attached hydrogen (secondary N) is 1. The van der Waals surface area contributed by atoms with Gasteiger partial charge in [-0.05, 0) is 12.6 Å². The van der Waals surface area contributed by atoms with Crippen molar-refractivity contribution in [3.8, 4) is 0 Å². The van der Waals surface area contributed by atoms with Crippen molar-refractivity contribution >= 4 is 23.5 Å². The zero-order valence-electron chi connectivity index (χ0n) is 16.2. The summed E-state index contributed by atoms with van der Waals surface area (Å²) in [7, 11) is -16.9. The molecule has 1 fully saturated rings. The molecule has 9 N–H and O–H groups in total. The fraction of sp³-hybridized carbons (Fsp3) is 0.500. The van der Waals surface area contributed by atoms with E-state index in [1.54, 1.807) is 0 Å². The number of nitrogens with zero attached hydrogens (tertiary/aromatic N) is 1. The number of ether oxygens (including phenoxy) is 1. The molecule has 1 aromatic rings. The fourth-order valence-electron chi connectivity index (χ4n) is 2.62. The standard InChI is InChI=1S/C12H20N3O15P3/c13-3-1-2-6-4-15(12(19)14-10(6)18)11-9(17)8(16)7(28-11)5-27-32(23,24)30-33(25,26)29-31(20,21)22/h1,3-4,7-9,11,16-17H,2,5,13H2,(H,23,24)(H,25,26)(H,14,18,19)(H2,20,21,22)/t7-,8?,9?,11-/m0/s1. The predicted octanol–water partition coefficient (Wildman–Crippen LogP) is -2.49. The first kappa shape index (κ1) is 27.8. The Morgan fingerprint density at radius 3 is 2.30 bits per heavy atom. The lowest BCUT2D eigenvalue weighted by Gasteiger charge is -2.19. The van der Waals surface area contributed by atoms with E-state index in [9.17, 15) is 38.4 Å². The number of hydrogen-bond acceptors (Lipinski definition) is 12. The van der Waals surface area contributed by atoms with Crippen molar-refractivity contribution in [3.05, 3.63) is 44.9 Å². The summed E-state index contributed by atoms with van der Waals surface area (Å²) in [4.78, 5) is 61.5. The molecule has 33 heavy (non-hydrogen) atoms. The van der Waals surface area contributed by atoms with Gasteiger partial charge in [-0.15, -0.1) is 0 Å². The first-order chi connectivity index (χ1) is 15.1. The second-order valence-electron chi connectivity index (χ2n) is 6.39. The van der Waals surface area contributed by atoms with Crippen molar-refractivity contribution in [1.29, 1.82) is 0 Å². The van der Waals surface area contributed by atoms with E-state index in [2.05, 4.69) is 13.1 Å². The van der Waals surface area contributed by atoms with Gasteiger partial charge in [-0.25, -0.2) is 18.5 Å². The first-order valence-electron chi connectivity index (χ1n) is 8.56. The number of phosphoric ester groups is 1. The molecule has 1 saturated heterocycles. The monoisotopic (exact) mass is 539 g/mol. The Morgan fingerprint density at radius 2 is 1.73 bits per heavy atom. The van der Waals surface area contributed by atoms with Crippen molar-refractivity contribution in [2.75, 3.05) is 6.61 Å². The molecule has 0 aromatic carbocycles. The molecule has 21 heteroatoms. The van der Waals surface area contributed by atoms with E-state index in [0.29, 0.717) is 0 Å². The van der Waals surface area contributed by atoms with Crippen LogP contribution in [-0.4, -0.2) is 64.3 Å². The Hall–Kier alpha value is -1.49. The topological polar surface area (TPSA) is 290 Å². The minimum Gasteiger partial charge on any atom is -0.405 e. The second kappa shape index (κ2) is 10.4. The van der Waals surface area contributed by atoms with Crippen molar-refractivity contribution in [1.82, 2.24) is 9.55 Å². The SMILES string of the molecule is NC=CCc1cn([C@H]2O[C@@H](COP(=O)(O)OP(=O)(O)OP(=O)(O)O)C(O)C2O)c(=O)[nH]c1=O. The molecule has 0 spiro atoms. The zero-order chi connectivity index (χ0) is 25.2. The third kappa shape index (κ3) is 7.77. The number of hydrogen-bond donors (Lipinski definition) is 8. The highest BCUT2D eigenvalue weighted by molar-refractivity contribution is 7.66. The molecule has 6 atom stereocenters. The Bertz CT molecular complexity index is 1140. The summed E-state index contributed by atoms with van der Waals surface area (Å²) in [6.45, 7) is -1.07. The molecule has 0 amide bonds. The van der Waals surface area contributed by atoms with Crippen LogP contribution in [0, 0.1) is 0 Å². The van der Waals surface area contributed by atoms with Crippen LogP contribution in [0.5, 0.6) is 0 Å². The number of aromatic nitrogens is 2. The number of allylic oxidation sites excluding steroid dienone is 1. The summed E-state index contributed by atoms with van der Waals surface area (Å²) in [5.41, 5.74) is 3.48. The quantitative estimate of drug-likeness (QED) is 0.143. The number of aromatic amines is 1. The van der Waals surface area contributed by atoms with Gasteiger partial charge >= 0.3 is 29.2 Å². The summed E-state index contributed by atoms with van der Waals surface area (Å²) >= 11 is 0. The Labute approximate surface area is 183 Å². The molecule has 188 valence electrons. The number of nitrogens with two attached hydrogens (primary N) is 1. The van der Waals surface area contributed by atoms with Gasteiger partial charge in [0.05, 0.1) is 6.61 Å². The van der Waals surface area contributed by atoms with Crippen LogP contribution in [0.15, 0.2) is 28.1 Å². The van der Waals surface area contributed by atoms with Gasteiger partial charge in [0.25, 0.3) is 5.56 Å². The van der Waals surface area contributed by atoms with E-state index in [1.807, 2.05) is 4.98 Å². The van der Waals surface area contributed by atoms with Crippen LogP contribution in [0.1, 0.15) is 11.8 Å². The smallest absolute Gasteiger partial charge is 0.405 e. The van der Waals surface area contributed by atoms with Crippen molar-refractivity contribution in [2.45, 2.75) is 31.0 Å². The summed E-state index contributed by atoms with van der Waals surface area (Å²) in [5.74, 6) is 0. The average molecular weight is 539 g/mol. The normalized spacial score (nSPS) is 27.5. The molecule has 1 aromatic heterocycles. The van der Waals surface area contributed by atoms with Gasteiger partial charge < -0.3 is 40.3 Å². The second-order valence-corrected chi connectivity index (χ2v) is 10.8. The maximum Gasteiger partial charge on any atom is 0.490 e. The molecule has 0 saturated carbocycles. The Kier molecular flexibility index (Phi) is 8.76. The van der Waals surface area contributed by atoms with Crippen molar-refractivity contribution in [3.63, 3.8) is 0 Å². The largest absolute Gasteiger partial charge is 0.490 e. The molecular formula is C12H20N3O15P3. The van der Waals surface area contributed by atoms with Crippen LogP contribution in [0.25, 0.3) is 0 Å². The summed E-state index contributed by atoms with van der Waals surface area (Å²) in [6, 6.07) is 0. The number of aliphatic hydroxyl groups is 2. The minimum atomic E-state index is -5.76. The van der Waals surface area contributed by atoms with E-state index in [4.69, 9.17) is 25.2 Å². The first-order valence-corrected chi connectivity index (χ1v) is 13.1. The summed E-state index contributed by atoms with van der Waals surface area (Å²) < 4.78 is 51.1. The summed E-state index contributed by atoms with van der Waals surface area (Å²) in [5, 5.41) is 20.3. The van der Waals surface area contributed by atoms with Crippen LogP contribution < -0.4 is 17.0 Å². The van der Waals surface area contributed by atoms with Gasteiger partial charge in [-0.3, -0.25) is 18.9 Å². The van der Waals surface area contributed by atoms with Crippen molar-refractivity contribution < 1.29 is 61.4 Å². The van der Waals surface area contributed by atoms with E-state index in [1.165, 1.54) is 6.08 Å². The molecule has 18 nitrogen and oxygen atoms in total. The maximum atomic E-state index is 12.1. The number of rotatable bonds is 10. The lowest BCUT2D eigenvalue weighted by Crippen LogP contribution is -2.38. The van der Waals surface area contributed by atoms with E-state index in [0.717, 1.165) is 17.0 Å². The Morgan fingerprint density at radius 1 is 1.09 bits per heavy atom. The number of H-pyrrole nitrogens is 1. The van der Waals surface area contributed by atoms with Gasteiger partial charge in [-0.2, -0.15) is 8.62 Å². The molecule has 0 radical (unpaired) electrons. The molecule has 2 heterocycles. The van der Waals surface area contributed by atoms with Crippen molar-refractivity contribution in [2.24, 2.45) is 5.73 Å². The van der Waals surface area contributed by atoms with Crippen LogP contribution in [0.3, 0.4) is 0 Å². The Balaban J connectivity index is 2.14. The van der Waals surface area contributed by atoms with Gasteiger partial charge in [0.2, 0.25) is 0 Å². The number of aliphatic hydroxyl groups excluding tert-OH is 2. The van der Waals surface area contributed by atoms with E-state index in [-0.39, 0.29) is 12.0 Å². The van der Waals surface area contributed by atoms with Crippen LogP contribution >= 0.6 is 23.5 Å². The lowest BCUT2D eigenvalue weighted by atomic mass is 10.1. The van der Waals surface area contributed by atoms with Gasteiger partial charge in [0.1, 0.15) is 18.3 Å². The predicted molar refractivity (Wildman–Crippen MR) is 104 cm³/mol. The van der Waals surface area contributed by atoms with Crippen LogP contribution in [0.4, 0.5) is 0 Å². The van der Waals surface area contributed by atoms with Gasteiger partial charge in [-0.1, -0.05) is 6.08 Å². The van der Waals surface area contributed by atoms with Gasteiger partial charge in [0.15, 0.2) is 6.23 Å². The highest BCUT2D eigenvalue weighted by Crippen LogP contribution is 2.66. The van der Waals surface area contributed by atoms with Crippen LogP contribution in [-0.2, 0) is 38.0 Å². The van der Waals surface area contributed by atoms with Gasteiger partial charge in [0, 0.05) is 11.8 Å². The molecular weight excluding hydrogens is 519 g/mol. The fourth-order valence-corrected chi connectivity index (χ4v) is 5.65. The molecule has 0 aliphatic carbocycles. The molecule has 1 aliphatic rings. The third-order valence-corrected chi connectivity index (χ3v) is 7.75. The number of phosphoric acid groups is 3. The van der Waals surface area contributed by atoms with Crippen LogP contribution in [0.2, 0.25) is 0 Å². The molecule has 2 rings (SSSR count). The molecule has 1 aliphatic heterocycles. The lowest BCUT2D eigenvalue weighted by molar-refractivity contribution is -0.0543. The molecule has 0 bridgehead atoms. The minimum absolute atomic E-state index is 0.00690. The zero-order valence-corrected chi connectivity index (χ0v) is 18.9. The third-order valence-electron chi connectivity index (χ3n) is 3.94.